The molecule has 2 rings (SSSR count). The van der Waals surface area contributed by atoms with Crippen LogP contribution in [0, 0.1) is 0 Å². The van der Waals surface area contributed by atoms with Crippen molar-refractivity contribution in [3.05, 3.63) is 28.9 Å². The summed E-state index contributed by atoms with van der Waals surface area (Å²) in [6, 6.07) is 0. The molecule has 2 nitrogen and oxygen atoms in total. The lowest BCUT2D eigenvalue weighted by atomic mass is 10.0. The Morgan fingerprint density at radius 3 is 2.84 bits per heavy atom. The number of ether oxygens (including phenoxy) is 2. The van der Waals surface area contributed by atoms with Crippen molar-refractivity contribution >= 4 is 31.9 Å². The quantitative estimate of drug-likeness (QED) is 0.401. The Morgan fingerprint density at radius 1 is 1.32 bits per heavy atom. The summed E-state index contributed by atoms with van der Waals surface area (Å²) in [5.41, 5.74) is 3.04. The van der Waals surface area contributed by atoms with Gasteiger partial charge in [-0.2, -0.15) is 0 Å². The highest BCUT2D eigenvalue weighted by Crippen LogP contribution is 2.31. The van der Waals surface area contributed by atoms with E-state index in [4.69, 9.17) is 9.47 Å². The highest BCUT2D eigenvalue weighted by molar-refractivity contribution is 9.11. The fourth-order valence-corrected chi connectivity index (χ4v) is 3.08. The summed E-state index contributed by atoms with van der Waals surface area (Å²) in [5, 5.41) is 0. The van der Waals surface area contributed by atoms with Gasteiger partial charge in [-0.15, -0.1) is 5.73 Å². The molecule has 0 aromatic heterocycles. The average Bonchev–Trinajstić information content (AvgIpc) is 2.77. The van der Waals surface area contributed by atoms with Crippen LogP contribution in [0.15, 0.2) is 28.9 Å². The molecule has 0 amide bonds. The fourth-order valence-electron chi connectivity index (χ4n) is 2.59. The number of halogens is 2. The number of alkyl halides is 1. The van der Waals surface area contributed by atoms with Crippen LogP contribution >= 0.6 is 31.9 Å². The Balaban J connectivity index is 2.04. The van der Waals surface area contributed by atoms with Gasteiger partial charge in [-0.3, -0.25) is 0 Å². The maximum atomic E-state index is 6.29. The second-order valence-electron chi connectivity index (χ2n) is 4.97. The highest BCUT2D eigenvalue weighted by Gasteiger charge is 2.37. The minimum Gasteiger partial charge on any atom is -0.371 e. The first-order valence-electron chi connectivity index (χ1n) is 6.85. The van der Waals surface area contributed by atoms with Crippen LogP contribution in [0.5, 0.6) is 0 Å². The van der Waals surface area contributed by atoms with Crippen LogP contribution in [-0.2, 0) is 9.47 Å². The molecule has 0 unspecified atom stereocenters. The van der Waals surface area contributed by atoms with Gasteiger partial charge >= 0.3 is 0 Å². The first-order valence-corrected chi connectivity index (χ1v) is 8.69. The molecule has 2 heterocycles. The molecule has 19 heavy (non-hydrogen) atoms. The van der Waals surface area contributed by atoms with Gasteiger partial charge in [0.1, 0.15) is 0 Å². The molecule has 0 bridgehead atoms. The van der Waals surface area contributed by atoms with Gasteiger partial charge in [-0.05, 0) is 25.3 Å². The normalized spacial score (nSPS) is 37.4. The molecule has 1 fully saturated rings. The summed E-state index contributed by atoms with van der Waals surface area (Å²) in [6.45, 7) is 2.18. The molecule has 0 N–H and O–H groups in total. The molecule has 0 saturated carbocycles. The smallest absolute Gasteiger partial charge is 0.0880 e. The predicted octanol–water partition coefficient (Wildman–Crippen LogP) is 4.48. The number of hydrogen-bond donors (Lipinski definition) is 0. The van der Waals surface area contributed by atoms with Crippen molar-refractivity contribution in [1.29, 1.82) is 0 Å². The Labute approximate surface area is 132 Å². The van der Waals surface area contributed by atoms with Crippen LogP contribution in [0.4, 0.5) is 0 Å². The van der Waals surface area contributed by atoms with Gasteiger partial charge in [0.2, 0.25) is 0 Å². The van der Waals surface area contributed by atoms with E-state index >= 15 is 0 Å². The van der Waals surface area contributed by atoms with E-state index < -0.39 is 0 Å². The van der Waals surface area contributed by atoms with Crippen molar-refractivity contribution in [1.82, 2.24) is 0 Å². The van der Waals surface area contributed by atoms with Gasteiger partial charge < -0.3 is 9.47 Å². The zero-order chi connectivity index (χ0) is 13.7. The second kappa shape index (κ2) is 7.80. The third kappa shape index (κ3) is 4.30. The van der Waals surface area contributed by atoms with E-state index in [0.717, 1.165) is 25.7 Å². The fraction of sp³-hybridized carbons (Fsp3) is 0.667. The van der Waals surface area contributed by atoms with Crippen LogP contribution in [0.1, 0.15) is 32.6 Å². The van der Waals surface area contributed by atoms with Crippen LogP contribution in [-0.4, -0.2) is 29.2 Å². The summed E-state index contributed by atoms with van der Waals surface area (Å²) in [7, 11) is 0. The van der Waals surface area contributed by atoms with Crippen molar-refractivity contribution in [3.8, 4) is 0 Å². The van der Waals surface area contributed by atoms with E-state index in [2.05, 4.69) is 56.7 Å². The van der Waals surface area contributed by atoms with Crippen LogP contribution in [0.25, 0.3) is 0 Å². The molecule has 106 valence electrons. The van der Waals surface area contributed by atoms with Crippen molar-refractivity contribution in [2.75, 3.05) is 0 Å². The lowest BCUT2D eigenvalue weighted by Crippen LogP contribution is -2.34. The molecule has 1 saturated heterocycles. The second-order valence-corrected chi connectivity index (χ2v) is 6.61. The third-order valence-corrected chi connectivity index (χ3v) is 5.12. The zero-order valence-electron chi connectivity index (χ0n) is 11.1. The van der Waals surface area contributed by atoms with E-state index in [1.807, 2.05) is 6.08 Å². The van der Waals surface area contributed by atoms with Crippen LogP contribution < -0.4 is 0 Å². The summed E-state index contributed by atoms with van der Waals surface area (Å²) in [6.07, 6.45) is 11.1. The number of fused-ring (bicyclic) bond motifs is 1. The Hall–Kier alpha value is 0.140. The van der Waals surface area contributed by atoms with Gasteiger partial charge in [0, 0.05) is 16.2 Å². The first-order chi connectivity index (χ1) is 9.24. The van der Waals surface area contributed by atoms with E-state index in [9.17, 15) is 0 Å². The van der Waals surface area contributed by atoms with Gasteiger partial charge in [0.15, 0.2) is 0 Å². The first kappa shape index (κ1) is 15.5. The summed E-state index contributed by atoms with van der Waals surface area (Å²) in [4.78, 5) is 2.14. The molecule has 0 aromatic carbocycles. The maximum absolute atomic E-state index is 6.29. The lowest BCUT2D eigenvalue weighted by Gasteiger charge is -2.28. The summed E-state index contributed by atoms with van der Waals surface area (Å²) in [5.74, 6) is 0. The van der Waals surface area contributed by atoms with Crippen LogP contribution in [0.2, 0.25) is 0 Å². The largest absolute Gasteiger partial charge is 0.371 e. The van der Waals surface area contributed by atoms with Gasteiger partial charge in [-0.1, -0.05) is 50.9 Å². The van der Waals surface area contributed by atoms with Crippen molar-refractivity contribution < 1.29 is 9.47 Å². The third-order valence-electron chi connectivity index (χ3n) is 3.62. The van der Waals surface area contributed by atoms with E-state index in [-0.39, 0.29) is 24.4 Å². The number of rotatable bonds is 3. The predicted molar refractivity (Wildman–Crippen MR) is 84.9 cm³/mol. The van der Waals surface area contributed by atoms with Crippen molar-refractivity contribution in [2.24, 2.45) is 0 Å². The molecule has 2 aliphatic heterocycles. The zero-order valence-corrected chi connectivity index (χ0v) is 14.3. The standard InChI is InChI=1S/C15H20Br2O2/c1-2-12(17)13-7-3-4-8-14-15(19-13)10-11(18-14)6-5-9-16/h3-4,6,9,11-15H,2,7-8,10H2,1H3/b4-3-/t5?,11-,12+,13+,14-,15-/m0/s1. The van der Waals surface area contributed by atoms with Gasteiger partial charge in [0.05, 0.1) is 24.4 Å². The molecule has 5 atom stereocenters. The Morgan fingerprint density at radius 2 is 2.11 bits per heavy atom. The molecule has 0 aliphatic carbocycles. The minimum absolute atomic E-state index is 0.117. The lowest BCUT2D eigenvalue weighted by molar-refractivity contribution is -0.0540. The summed E-state index contributed by atoms with van der Waals surface area (Å²) >= 11 is 6.95. The molecular formula is C15H20Br2O2. The summed E-state index contributed by atoms with van der Waals surface area (Å²) < 4.78 is 12.3. The van der Waals surface area contributed by atoms with Crippen LogP contribution in [0.3, 0.4) is 0 Å². The van der Waals surface area contributed by atoms with E-state index in [1.165, 1.54) is 0 Å². The molecule has 0 spiro atoms. The van der Waals surface area contributed by atoms with Gasteiger partial charge in [0.25, 0.3) is 0 Å². The maximum Gasteiger partial charge on any atom is 0.0880 e. The van der Waals surface area contributed by atoms with Crippen molar-refractivity contribution in [2.45, 2.75) is 61.9 Å². The van der Waals surface area contributed by atoms with Crippen molar-refractivity contribution in [3.63, 3.8) is 0 Å². The van der Waals surface area contributed by atoms with E-state index in [1.54, 1.807) is 4.99 Å². The van der Waals surface area contributed by atoms with Gasteiger partial charge in [-0.25, -0.2) is 0 Å². The monoisotopic (exact) mass is 390 g/mol. The molecule has 0 aromatic rings. The molecule has 2 aliphatic rings. The number of hydrogen-bond acceptors (Lipinski definition) is 2. The average molecular weight is 392 g/mol. The minimum atomic E-state index is 0.117. The molecule has 4 heteroatoms. The SMILES string of the molecule is CC[C@@H](Br)[C@H]1C/C=C\C[C@@H]2O[C@@H](C=C=CBr)C[C@@H]2O1. The topological polar surface area (TPSA) is 18.5 Å². The molecule has 0 radical (unpaired) electrons. The highest BCUT2D eigenvalue weighted by atomic mass is 79.9. The Bertz CT molecular complexity index is 374. The van der Waals surface area contributed by atoms with E-state index in [0.29, 0.717) is 4.83 Å². The molecular weight excluding hydrogens is 372 g/mol. The Kier molecular flexibility index (Phi) is 6.37.